The fourth-order valence-electron chi connectivity index (χ4n) is 3.44. The number of hydrogen-bond acceptors (Lipinski definition) is 9. The molecule has 0 aromatic heterocycles. The van der Waals surface area contributed by atoms with E-state index in [1.807, 2.05) is 6.07 Å². The minimum absolute atomic E-state index is 0. The third-order valence-electron chi connectivity index (χ3n) is 5.70. The SMILES string of the molecule is CC1(C(=O)[O-])C=Cc2cccc(O)c2N1.CC1(C(=O)[O-])C=Cc2cccc(O)c2N1.[Al+3].[O-]c1ccccc1. The van der Waals surface area contributed by atoms with Crippen molar-refractivity contribution in [2.45, 2.75) is 24.9 Å². The maximum Gasteiger partial charge on any atom is 3.00 e. The predicted octanol–water partition coefficient (Wildman–Crippen LogP) is 1.06. The van der Waals surface area contributed by atoms with Crippen molar-refractivity contribution in [2.24, 2.45) is 0 Å². The monoisotopic (exact) mass is 528 g/mol. The standard InChI is InChI=1S/2C11H11NO3.C6H6O.Al/c2*1-11(10(14)15)6-5-7-3-2-4-8(13)9(7)12-11;7-6-4-2-1-3-5-6;/h2*2-6,12-13H,1H3,(H,14,15);1-5,7H;/q;;;+3/p-3. The minimum atomic E-state index is -1.27. The van der Waals surface area contributed by atoms with E-state index in [0.29, 0.717) is 11.4 Å². The second-order valence-electron chi connectivity index (χ2n) is 8.69. The number of anilines is 2. The average Bonchev–Trinajstić information content (AvgIpc) is 2.86. The molecule has 2 aliphatic heterocycles. The van der Waals surface area contributed by atoms with Gasteiger partial charge in [0.2, 0.25) is 0 Å². The number of hydrogen-bond donors (Lipinski definition) is 4. The van der Waals surface area contributed by atoms with E-state index in [-0.39, 0.29) is 34.6 Å². The van der Waals surface area contributed by atoms with E-state index in [2.05, 4.69) is 10.6 Å². The maximum absolute atomic E-state index is 10.9. The summed E-state index contributed by atoms with van der Waals surface area (Å²) < 4.78 is 0. The number of carbonyl (C=O) groups excluding carboxylic acids is 2. The van der Waals surface area contributed by atoms with E-state index in [4.69, 9.17) is 0 Å². The van der Waals surface area contributed by atoms with Crippen LogP contribution in [0.15, 0.2) is 78.9 Å². The summed E-state index contributed by atoms with van der Waals surface area (Å²) in [6.45, 7) is 2.96. The molecule has 3 aromatic carbocycles. The second-order valence-corrected chi connectivity index (χ2v) is 8.69. The molecule has 0 amide bonds. The number of para-hydroxylation sites is 3. The van der Waals surface area contributed by atoms with Crippen LogP contribution in [0.2, 0.25) is 0 Å². The van der Waals surface area contributed by atoms with E-state index in [1.54, 1.807) is 48.6 Å². The molecule has 38 heavy (non-hydrogen) atoms. The molecule has 0 aliphatic carbocycles. The van der Waals surface area contributed by atoms with Gasteiger partial charge < -0.3 is 45.8 Å². The van der Waals surface area contributed by atoms with E-state index >= 15 is 0 Å². The van der Waals surface area contributed by atoms with Crippen LogP contribution in [0.5, 0.6) is 17.2 Å². The fraction of sp³-hybridized carbons (Fsp3) is 0.143. The summed E-state index contributed by atoms with van der Waals surface area (Å²) in [5.74, 6) is -2.32. The Morgan fingerprint density at radius 2 is 1.08 bits per heavy atom. The Hall–Kier alpha value is -4.39. The van der Waals surface area contributed by atoms with Crippen molar-refractivity contribution in [3.8, 4) is 17.2 Å². The van der Waals surface area contributed by atoms with E-state index in [0.717, 1.165) is 11.1 Å². The molecule has 3 aromatic rings. The third-order valence-corrected chi connectivity index (χ3v) is 5.70. The molecule has 0 bridgehead atoms. The Morgan fingerprint density at radius 3 is 1.39 bits per heavy atom. The van der Waals surface area contributed by atoms with Crippen LogP contribution in [-0.2, 0) is 9.59 Å². The van der Waals surface area contributed by atoms with Crippen molar-refractivity contribution < 1.29 is 35.1 Å². The summed E-state index contributed by atoms with van der Waals surface area (Å²) in [6.07, 6.45) is 6.32. The molecule has 0 fully saturated rings. The first kappa shape index (κ1) is 29.8. The van der Waals surface area contributed by atoms with Gasteiger partial charge in [-0.3, -0.25) is 0 Å². The van der Waals surface area contributed by atoms with Crippen LogP contribution in [0.25, 0.3) is 12.2 Å². The quantitative estimate of drug-likeness (QED) is 0.281. The zero-order valence-electron chi connectivity index (χ0n) is 20.7. The largest absolute Gasteiger partial charge is 3.00 e. The van der Waals surface area contributed by atoms with Crippen LogP contribution in [0, 0.1) is 0 Å². The van der Waals surface area contributed by atoms with Crippen LogP contribution in [0.3, 0.4) is 0 Å². The molecular formula is C28H25AlN2O7. The first-order valence-corrected chi connectivity index (χ1v) is 11.2. The second kappa shape index (κ2) is 12.2. The summed E-state index contributed by atoms with van der Waals surface area (Å²) in [4.78, 5) is 21.8. The predicted molar refractivity (Wildman–Crippen MR) is 140 cm³/mol. The van der Waals surface area contributed by atoms with Gasteiger partial charge in [-0.25, -0.2) is 0 Å². The van der Waals surface area contributed by atoms with Crippen molar-refractivity contribution in [2.75, 3.05) is 10.6 Å². The summed E-state index contributed by atoms with van der Waals surface area (Å²) in [7, 11) is 0. The molecule has 0 spiro atoms. The molecule has 2 atom stereocenters. The zero-order chi connectivity index (χ0) is 27.2. The first-order valence-electron chi connectivity index (χ1n) is 11.2. The Morgan fingerprint density at radius 1 is 0.684 bits per heavy atom. The number of carboxylic acids is 2. The van der Waals surface area contributed by atoms with Gasteiger partial charge in [0.25, 0.3) is 0 Å². The van der Waals surface area contributed by atoms with Crippen molar-refractivity contribution in [3.63, 3.8) is 0 Å². The first-order chi connectivity index (χ1) is 17.4. The smallest absolute Gasteiger partial charge is 0.872 e. The third kappa shape index (κ3) is 6.88. The van der Waals surface area contributed by atoms with Gasteiger partial charge in [-0.1, -0.05) is 78.9 Å². The average molecular weight is 528 g/mol. The van der Waals surface area contributed by atoms with E-state index < -0.39 is 23.0 Å². The molecule has 0 saturated heterocycles. The Bertz CT molecular complexity index is 1280. The zero-order valence-corrected chi connectivity index (χ0v) is 21.8. The molecule has 2 unspecified atom stereocenters. The van der Waals surface area contributed by atoms with Gasteiger partial charge in [-0.15, -0.1) is 5.75 Å². The molecule has 0 radical (unpaired) electrons. The van der Waals surface area contributed by atoms with Crippen LogP contribution in [-0.4, -0.2) is 50.6 Å². The number of benzene rings is 3. The van der Waals surface area contributed by atoms with Crippen molar-refractivity contribution >= 4 is 52.8 Å². The molecule has 4 N–H and O–H groups in total. The Kier molecular flexibility index (Phi) is 9.61. The van der Waals surface area contributed by atoms with Crippen LogP contribution in [0.1, 0.15) is 25.0 Å². The number of rotatable bonds is 2. The minimum Gasteiger partial charge on any atom is -0.872 e. The molecule has 2 aliphatic rings. The molecule has 192 valence electrons. The van der Waals surface area contributed by atoms with Crippen LogP contribution < -0.4 is 26.0 Å². The van der Waals surface area contributed by atoms with Crippen molar-refractivity contribution in [1.29, 1.82) is 0 Å². The molecular weight excluding hydrogens is 503 g/mol. The summed E-state index contributed by atoms with van der Waals surface area (Å²) in [5.41, 5.74) is -0.182. The number of phenolic OH excluding ortho intramolecular Hbond substituents is 2. The molecule has 10 heteroatoms. The summed E-state index contributed by atoms with van der Waals surface area (Å²) in [5, 5.41) is 56.7. The van der Waals surface area contributed by atoms with Crippen molar-refractivity contribution in [3.05, 3.63) is 90.0 Å². The van der Waals surface area contributed by atoms with Gasteiger partial charge in [0.1, 0.15) is 11.5 Å². The number of carbonyl (C=O) groups is 2. The van der Waals surface area contributed by atoms with E-state index in [9.17, 15) is 35.1 Å². The number of aliphatic carboxylic acids is 2. The molecule has 0 saturated carbocycles. The fourth-order valence-corrected chi connectivity index (χ4v) is 3.44. The van der Waals surface area contributed by atoms with Crippen molar-refractivity contribution in [1.82, 2.24) is 0 Å². The Balaban J connectivity index is 0.000000210. The van der Waals surface area contributed by atoms with Gasteiger partial charge >= 0.3 is 17.4 Å². The normalized spacial score (nSPS) is 19.7. The number of nitrogens with one attached hydrogen (secondary N) is 2. The molecule has 9 nitrogen and oxygen atoms in total. The van der Waals surface area contributed by atoms with Gasteiger partial charge in [0, 0.05) is 11.1 Å². The maximum atomic E-state index is 10.9. The van der Waals surface area contributed by atoms with Gasteiger partial charge in [0.05, 0.1) is 34.4 Å². The summed E-state index contributed by atoms with van der Waals surface area (Å²) in [6, 6.07) is 18.3. The Labute approximate surface area is 230 Å². The molecule has 5 rings (SSSR count). The number of aromatic hydroxyl groups is 2. The number of phenols is 2. The topological polar surface area (TPSA) is 168 Å². The number of carboxylic acid groups (broad SMARTS) is 2. The van der Waals surface area contributed by atoms with Gasteiger partial charge in [-0.2, -0.15) is 0 Å². The van der Waals surface area contributed by atoms with Gasteiger partial charge in [-0.05, 0) is 26.0 Å². The molecule has 2 heterocycles. The van der Waals surface area contributed by atoms with E-state index in [1.165, 1.54) is 50.3 Å². The van der Waals surface area contributed by atoms with Crippen LogP contribution in [0.4, 0.5) is 11.4 Å². The summed E-state index contributed by atoms with van der Waals surface area (Å²) >= 11 is 0. The van der Waals surface area contributed by atoms with Crippen LogP contribution >= 0.6 is 0 Å². The number of fused-ring (bicyclic) bond motifs is 2. The van der Waals surface area contributed by atoms with Gasteiger partial charge in [0.15, 0.2) is 0 Å².